The molecule has 9 heteroatoms. The second kappa shape index (κ2) is 9.89. The van der Waals surface area contributed by atoms with E-state index in [0.717, 1.165) is 17.7 Å². The summed E-state index contributed by atoms with van der Waals surface area (Å²) in [5, 5.41) is 2.33. The highest BCUT2D eigenvalue weighted by molar-refractivity contribution is 8.00. The first-order valence-electron chi connectivity index (χ1n) is 11.6. The zero-order valence-electron chi connectivity index (χ0n) is 20.2. The molecule has 1 saturated carbocycles. The molecule has 1 aromatic rings. The van der Waals surface area contributed by atoms with E-state index >= 15 is 0 Å². The van der Waals surface area contributed by atoms with E-state index in [9.17, 15) is 9.59 Å². The number of carbonyl (C=O) groups is 2. The SMILES string of the molecule is COC1C(C2(C)O[C@@H]2CC=C(C)C)[C@]2(CC[C@@H]1OC(=O)NC(=O)CSc1ccc(N)cc1)CO2. The molecule has 3 unspecified atom stereocenters. The van der Waals surface area contributed by atoms with Gasteiger partial charge in [-0.25, -0.2) is 4.79 Å². The number of carbonyl (C=O) groups excluding carboxylic acids is 2. The van der Waals surface area contributed by atoms with Crippen molar-refractivity contribution in [2.24, 2.45) is 5.92 Å². The van der Waals surface area contributed by atoms with Gasteiger partial charge < -0.3 is 24.7 Å². The molecule has 3 aliphatic rings. The van der Waals surface area contributed by atoms with E-state index in [1.165, 1.54) is 17.3 Å². The Labute approximate surface area is 204 Å². The van der Waals surface area contributed by atoms with Gasteiger partial charge in [0.1, 0.15) is 23.4 Å². The van der Waals surface area contributed by atoms with Crippen LogP contribution in [0.1, 0.15) is 40.0 Å². The van der Waals surface area contributed by atoms with Crippen LogP contribution in [0.2, 0.25) is 0 Å². The number of nitrogen functional groups attached to an aromatic ring is 1. The van der Waals surface area contributed by atoms with Crippen molar-refractivity contribution in [1.82, 2.24) is 5.32 Å². The summed E-state index contributed by atoms with van der Waals surface area (Å²) in [6, 6.07) is 7.20. The molecule has 186 valence electrons. The quantitative estimate of drug-likeness (QED) is 0.245. The molecule has 6 atom stereocenters. The average molecular weight is 491 g/mol. The highest BCUT2D eigenvalue weighted by atomic mass is 32.2. The first-order chi connectivity index (χ1) is 16.2. The van der Waals surface area contributed by atoms with E-state index in [4.69, 9.17) is 24.7 Å². The molecule has 0 aromatic heterocycles. The number of imide groups is 1. The first-order valence-corrected chi connectivity index (χ1v) is 12.6. The lowest BCUT2D eigenvalue weighted by atomic mass is 9.68. The molecule has 0 bridgehead atoms. The zero-order chi connectivity index (χ0) is 24.5. The minimum Gasteiger partial charge on any atom is -0.443 e. The maximum absolute atomic E-state index is 12.5. The number of thioether (sulfide) groups is 1. The number of benzene rings is 1. The molecule has 1 aliphatic carbocycles. The van der Waals surface area contributed by atoms with Crippen molar-refractivity contribution in [2.75, 3.05) is 25.2 Å². The van der Waals surface area contributed by atoms with Crippen LogP contribution >= 0.6 is 11.8 Å². The van der Waals surface area contributed by atoms with Crippen molar-refractivity contribution in [3.05, 3.63) is 35.9 Å². The van der Waals surface area contributed by atoms with Gasteiger partial charge in [-0.2, -0.15) is 0 Å². The Morgan fingerprint density at radius 3 is 2.62 bits per heavy atom. The lowest BCUT2D eigenvalue weighted by Crippen LogP contribution is -2.56. The Morgan fingerprint density at radius 1 is 1.29 bits per heavy atom. The Morgan fingerprint density at radius 2 is 2.00 bits per heavy atom. The Balaban J connectivity index is 1.34. The van der Waals surface area contributed by atoms with Gasteiger partial charge in [0, 0.05) is 17.7 Å². The molecule has 2 amide bonds. The third kappa shape index (κ3) is 5.43. The van der Waals surface area contributed by atoms with E-state index in [-0.39, 0.29) is 29.5 Å². The summed E-state index contributed by atoms with van der Waals surface area (Å²) in [5.74, 6) is -0.395. The highest BCUT2D eigenvalue weighted by Gasteiger charge is 2.72. The summed E-state index contributed by atoms with van der Waals surface area (Å²) in [6.07, 6.45) is 2.80. The minimum atomic E-state index is -0.760. The molecule has 2 heterocycles. The van der Waals surface area contributed by atoms with E-state index in [2.05, 4.69) is 32.2 Å². The number of rotatable bonds is 8. The van der Waals surface area contributed by atoms with Gasteiger partial charge >= 0.3 is 6.09 Å². The van der Waals surface area contributed by atoms with Gasteiger partial charge in [0.15, 0.2) is 0 Å². The van der Waals surface area contributed by atoms with Crippen LogP contribution in [0.25, 0.3) is 0 Å². The van der Waals surface area contributed by atoms with Gasteiger partial charge in [0.05, 0.1) is 24.4 Å². The van der Waals surface area contributed by atoms with Gasteiger partial charge in [-0.1, -0.05) is 11.6 Å². The average Bonchev–Trinajstić information content (AvgIpc) is 3.70. The highest BCUT2D eigenvalue weighted by Crippen LogP contribution is 2.59. The van der Waals surface area contributed by atoms with Gasteiger partial charge in [-0.05, 0) is 64.3 Å². The van der Waals surface area contributed by atoms with Crippen LogP contribution in [0.15, 0.2) is 40.8 Å². The molecule has 0 radical (unpaired) electrons. The Hall–Kier alpha value is -2.07. The van der Waals surface area contributed by atoms with Crippen LogP contribution in [-0.4, -0.2) is 61.0 Å². The van der Waals surface area contributed by atoms with Gasteiger partial charge in [0.25, 0.3) is 0 Å². The number of nitrogens with one attached hydrogen (secondary N) is 1. The molecule has 8 nitrogen and oxygen atoms in total. The van der Waals surface area contributed by atoms with Crippen molar-refractivity contribution in [3.8, 4) is 0 Å². The number of allylic oxidation sites excluding steroid dienone is 1. The molecule has 2 saturated heterocycles. The number of alkyl carbamates (subject to hydrolysis) is 1. The van der Waals surface area contributed by atoms with E-state index in [1.807, 2.05) is 12.1 Å². The maximum Gasteiger partial charge on any atom is 0.414 e. The van der Waals surface area contributed by atoms with Crippen LogP contribution in [0.3, 0.4) is 0 Å². The molecular formula is C25H34N2O6S. The maximum atomic E-state index is 12.5. The molecule has 34 heavy (non-hydrogen) atoms. The number of hydrogen-bond donors (Lipinski definition) is 2. The second-order valence-electron chi connectivity index (χ2n) is 9.73. The van der Waals surface area contributed by atoms with Crippen LogP contribution in [0.5, 0.6) is 0 Å². The molecule has 1 spiro atoms. The van der Waals surface area contributed by atoms with Gasteiger partial charge in [-0.3, -0.25) is 10.1 Å². The third-order valence-electron chi connectivity index (χ3n) is 6.99. The molecule has 3 N–H and O–H groups in total. The van der Waals surface area contributed by atoms with Crippen molar-refractivity contribution in [2.45, 2.75) is 74.4 Å². The fourth-order valence-electron chi connectivity index (χ4n) is 5.10. The molecular weight excluding hydrogens is 456 g/mol. The predicted molar refractivity (Wildman–Crippen MR) is 130 cm³/mol. The second-order valence-corrected chi connectivity index (χ2v) is 10.8. The van der Waals surface area contributed by atoms with E-state index in [1.54, 1.807) is 19.2 Å². The van der Waals surface area contributed by atoms with Crippen LogP contribution in [0.4, 0.5) is 10.5 Å². The summed E-state index contributed by atoms with van der Waals surface area (Å²) >= 11 is 1.32. The zero-order valence-corrected chi connectivity index (χ0v) is 21.0. The fourth-order valence-corrected chi connectivity index (χ4v) is 5.80. The summed E-state index contributed by atoms with van der Waals surface area (Å²) in [4.78, 5) is 25.7. The fraction of sp³-hybridized carbons (Fsp3) is 0.600. The number of methoxy groups -OCH3 is 1. The minimum absolute atomic E-state index is 0.0658. The van der Waals surface area contributed by atoms with Crippen LogP contribution in [0, 0.1) is 5.92 Å². The molecule has 2 aliphatic heterocycles. The number of anilines is 1. The van der Waals surface area contributed by atoms with Crippen molar-refractivity contribution >= 4 is 29.4 Å². The molecule has 3 fully saturated rings. The number of ether oxygens (including phenoxy) is 4. The standard InChI is InChI=1S/C25H34N2O6S/c1-15(2)5-10-19-24(3,33-19)22-21(30-4)18(11-12-25(22)14-31-25)32-23(29)27-20(28)13-34-17-8-6-16(26)7-9-17/h5-9,18-19,21-22H,10-14,26H2,1-4H3,(H,27,28,29)/t18-,19+,21?,22?,24?,25-/m0/s1. The van der Waals surface area contributed by atoms with E-state index < -0.39 is 23.7 Å². The van der Waals surface area contributed by atoms with Gasteiger partial charge in [0.2, 0.25) is 5.91 Å². The molecule has 4 rings (SSSR count). The van der Waals surface area contributed by atoms with Crippen molar-refractivity contribution in [3.63, 3.8) is 0 Å². The predicted octanol–water partition coefficient (Wildman–Crippen LogP) is 3.69. The smallest absolute Gasteiger partial charge is 0.414 e. The summed E-state index contributed by atoms with van der Waals surface area (Å²) in [5.41, 5.74) is 6.88. The topological polar surface area (TPSA) is 116 Å². The first kappa shape index (κ1) is 25.0. The largest absolute Gasteiger partial charge is 0.443 e. The molecule has 1 aromatic carbocycles. The normalized spacial score (nSPS) is 33.8. The van der Waals surface area contributed by atoms with Crippen LogP contribution < -0.4 is 11.1 Å². The summed E-state index contributed by atoms with van der Waals surface area (Å²) < 4.78 is 23.7. The third-order valence-corrected chi connectivity index (χ3v) is 8.00. The Kier molecular flexibility index (Phi) is 7.28. The monoisotopic (exact) mass is 490 g/mol. The van der Waals surface area contributed by atoms with Crippen molar-refractivity contribution in [1.29, 1.82) is 0 Å². The summed E-state index contributed by atoms with van der Waals surface area (Å²) in [6.45, 7) is 6.90. The van der Waals surface area contributed by atoms with Gasteiger partial charge in [-0.15, -0.1) is 11.8 Å². The number of hydrogen-bond acceptors (Lipinski definition) is 8. The number of epoxide rings is 2. The van der Waals surface area contributed by atoms with E-state index in [0.29, 0.717) is 18.7 Å². The van der Waals surface area contributed by atoms with Crippen molar-refractivity contribution < 1.29 is 28.5 Å². The lowest BCUT2D eigenvalue weighted by molar-refractivity contribution is -0.124. The number of amides is 2. The summed E-state index contributed by atoms with van der Waals surface area (Å²) in [7, 11) is 1.62. The van der Waals surface area contributed by atoms with Crippen LogP contribution in [-0.2, 0) is 23.7 Å². The number of nitrogens with two attached hydrogens (primary N) is 1. The Bertz CT molecular complexity index is 943. The lowest BCUT2D eigenvalue weighted by Gasteiger charge is -2.42.